The van der Waals surface area contributed by atoms with Gasteiger partial charge in [0.05, 0.1) is 0 Å². The van der Waals surface area contributed by atoms with Crippen LogP contribution in [0.2, 0.25) is 0 Å². The molecule has 16 heavy (non-hydrogen) atoms. The molecule has 1 saturated heterocycles. The summed E-state index contributed by atoms with van der Waals surface area (Å²) in [5, 5.41) is 0. The van der Waals surface area contributed by atoms with Gasteiger partial charge in [-0.05, 0) is 37.3 Å². The lowest BCUT2D eigenvalue weighted by Crippen LogP contribution is -2.37. The SMILES string of the molecule is Cc1cccc(CN2CCC(C)C(C)C2)c1. The summed E-state index contributed by atoms with van der Waals surface area (Å²) >= 11 is 0. The maximum atomic E-state index is 2.60. The Labute approximate surface area is 99.5 Å². The lowest BCUT2D eigenvalue weighted by atomic mass is 9.88. The summed E-state index contributed by atoms with van der Waals surface area (Å²) in [5.41, 5.74) is 2.83. The minimum Gasteiger partial charge on any atom is -0.299 e. The third kappa shape index (κ3) is 2.85. The van der Waals surface area contributed by atoms with E-state index in [-0.39, 0.29) is 0 Å². The third-order valence-corrected chi connectivity index (χ3v) is 3.91. The van der Waals surface area contributed by atoms with Crippen molar-refractivity contribution >= 4 is 0 Å². The highest BCUT2D eigenvalue weighted by Gasteiger charge is 2.22. The summed E-state index contributed by atoms with van der Waals surface area (Å²) in [7, 11) is 0. The standard InChI is InChI=1S/C15H23N/c1-12-5-4-6-15(9-12)11-16-8-7-13(2)14(3)10-16/h4-6,9,13-14H,7-8,10-11H2,1-3H3. The van der Waals surface area contributed by atoms with Crippen LogP contribution in [-0.4, -0.2) is 18.0 Å². The van der Waals surface area contributed by atoms with Crippen molar-refractivity contribution in [2.24, 2.45) is 11.8 Å². The topological polar surface area (TPSA) is 3.24 Å². The Morgan fingerprint density at radius 2 is 2.06 bits per heavy atom. The van der Waals surface area contributed by atoms with Crippen LogP contribution in [0.1, 0.15) is 31.4 Å². The monoisotopic (exact) mass is 217 g/mol. The summed E-state index contributed by atoms with van der Waals surface area (Å²) in [6, 6.07) is 8.89. The number of likely N-dealkylation sites (tertiary alicyclic amines) is 1. The molecule has 0 saturated carbocycles. The van der Waals surface area contributed by atoms with E-state index >= 15 is 0 Å². The van der Waals surface area contributed by atoms with Crippen molar-refractivity contribution in [3.8, 4) is 0 Å². The lowest BCUT2D eigenvalue weighted by Gasteiger charge is -2.35. The molecule has 0 N–H and O–H groups in total. The first-order chi connectivity index (χ1) is 7.65. The maximum absolute atomic E-state index is 2.60. The fraction of sp³-hybridized carbons (Fsp3) is 0.600. The van der Waals surface area contributed by atoms with Gasteiger partial charge in [0.1, 0.15) is 0 Å². The second-order valence-corrected chi connectivity index (χ2v) is 5.47. The van der Waals surface area contributed by atoms with E-state index in [0.717, 1.165) is 18.4 Å². The molecule has 1 nitrogen and oxygen atoms in total. The number of nitrogens with zero attached hydrogens (tertiary/aromatic N) is 1. The van der Waals surface area contributed by atoms with Gasteiger partial charge < -0.3 is 0 Å². The van der Waals surface area contributed by atoms with Gasteiger partial charge in [-0.1, -0.05) is 43.7 Å². The fourth-order valence-corrected chi connectivity index (χ4v) is 2.56. The molecule has 0 aliphatic carbocycles. The Morgan fingerprint density at radius 3 is 2.75 bits per heavy atom. The summed E-state index contributed by atoms with van der Waals surface area (Å²) in [5.74, 6) is 1.74. The van der Waals surface area contributed by atoms with E-state index in [0.29, 0.717) is 0 Å². The van der Waals surface area contributed by atoms with Crippen LogP contribution < -0.4 is 0 Å². The van der Waals surface area contributed by atoms with Gasteiger partial charge in [0.15, 0.2) is 0 Å². The van der Waals surface area contributed by atoms with Crippen molar-refractivity contribution in [1.82, 2.24) is 4.90 Å². The molecule has 2 unspecified atom stereocenters. The number of rotatable bonds is 2. The van der Waals surface area contributed by atoms with Crippen molar-refractivity contribution in [2.45, 2.75) is 33.7 Å². The van der Waals surface area contributed by atoms with Crippen LogP contribution in [0.25, 0.3) is 0 Å². The molecule has 88 valence electrons. The molecule has 2 rings (SSSR count). The van der Waals surface area contributed by atoms with E-state index in [1.165, 1.54) is 30.6 Å². The van der Waals surface area contributed by atoms with E-state index in [9.17, 15) is 0 Å². The van der Waals surface area contributed by atoms with Gasteiger partial charge in [0.25, 0.3) is 0 Å². The molecule has 0 bridgehead atoms. The first-order valence-corrected chi connectivity index (χ1v) is 6.43. The van der Waals surface area contributed by atoms with E-state index in [4.69, 9.17) is 0 Å². The smallest absolute Gasteiger partial charge is 0.0233 e. The predicted molar refractivity (Wildman–Crippen MR) is 69.4 cm³/mol. The van der Waals surface area contributed by atoms with Gasteiger partial charge in [-0.15, -0.1) is 0 Å². The highest BCUT2D eigenvalue weighted by molar-refractivity contribution is 5.22. The number of benzene rings is 1. The molecule has 1 aromatic carbocycles. The van der Waals surface area contributed by atoms with Crippen LogP contribution in [0.3, 0.4) is 0 Å². The second kappa shape index (κ2) is 5.01. The Morgan fingerprint density at radius 1 is 1.25 bits per heavy atom. The molecule has 0 spiro atoms. The van der Waals surface area contributed by atoms with E-state index in [1.807, 2.05) is 0 Å². The molecular weight excluding hydrogens is 194 g/mol. The molecule has 1 heterocycles. The Bertz CT molecular complexity index is 345. The largest absolute Gasteiger partial charge is 0.299 e. The van der Waals surface area contributed by atoms with Gasteiger partial charge in [0.2, 0.25) is 0 Å². The summed E-state index contributed by atoms with van der Waals surface area (Å²) < 4.78 is 0. The van der Waals surface area contributed by atoms with Crippen LogP contribution in [0.5, 0.6) is 0 Å². The minimum absolute atomic E-state index is 0.846. The Kier molecular flexibility index (Phi) is 3.65. The van der Waals surface area contributed by atoms with Gasteiger partial charge >= 0.3 is 0 Å². The summed E-state index contributed by atoms with van der Waals surface area (Å²) in [4.78, 5) is 2.60. The highest BCUT2D eigenvalue weighted by atomic mass is 15.1. The van der Waals surface area contributed by atoms with Crippen molar-refractivity contribution in [1.29, 1.82) is 0 Å². The second-order valence-electron chi connectivity index (χ2n) is 5.47. The average Bonchev–Trinajstić information content (AvgIpc) is 2.24. The van der Waals surface area contributed by atoms with Crippen LogP contribution in [0.15, 0.2) is 24.3 Å². The first-order valence-electron chi connectivity index (χ1n) is 6.43. The average molecular weight is 217 g/mol. The number of aryl methyl sites for hydroxylation is 1. The Balaban J connectivity index is 1.95. The van der Waals surface area contributed by atoms with Crippen LogP contribution in [0, 0.1) is 18.8 Å². The summed E-state index contributed by atoms with van der Waals surface area (Å²) in [6.07, 6.45) is 1.35. The zero-order valence-electron chi connectivity index (χ0n) is 10.7. The van der Waals surface area contributed by atoms with E-state index < -0.39 is 0 Å². The quantitative estimate of drug-likeness (QED) is 0.733. The van der Waals surface area contributed by atoms with Crippen molar-refractivity contribution in [2.75, 3.05) is 13.1 Å². The van der Waals surface area contributed by atoms with Crippen LogP contribution in [0.4, 0.5) is 0 Å². The van der Waals surface area contributed by atoms with Gasteiger partial charge in [0, 0.05) is 13.1 Å². The molecule has 1 fully saturated rings. The zero-order valence-corrected chi connectivity index (χ0v) is 10.7. The molecule has 1 aliphatic heterocycles. The van der Waals surface area contributed by atoms with Crippen molar-refractivity contribution in [3.63, 3.8) is 0 Å². The zero-order chi connectivity index (χ0) is 11.5. The van der Waals surface area contributed by atoms with Gasteiger partial charge in [-0.2, -0.15) is 0 Å². The van der Waals surface area contributed by atoms with Gasteiger partial charge in [-0.3, -0.25) is 4.90 Å². The van der Waals surface area contributed by atoms with Gasteiger partial charge in [-0.25, -0.2) is 0 Å². The van der Waals surface area contributed by atoms with E-state index in [2.05, 4.69) is 49.9 Å². The molecule has 0 aromatic heterocycles. The molecule has 2 atom stereocenters. The Hall–Kier alpha value is -0.820. The summed E-state index contributed by atoms with van der Waals surface area (Å²) in [6.45, 7) is 10.6. The minimum atomic E-state index is 0.846. The molecule has 1 aromatic rings. The van der Waals surface area contributed by atoms with Crippen molar-refractivity contribution in [3.05, 3.63) is 35.4 Å². The fourth-order valence-electron chi connectivity index (χ4n) is 2.56. The van der Waals surface area contributed by atoms with Crippen LogP contribution >= 0.6 is 0 Å². The first kappa shape index (κ1) is 11.7. The highest BCUT2D eigenvalue weighted by Crippen LogP contribution is 2.23. The molecule has 1 aliphatic rings. The lowest BCUT2D eigenvalue weighted by molar-refractivity contribution is 0.132. The molecule has 0 radical (unpaired) electrons. The number of piperidine rings is 1. The van der Waals surface area contributed by atoms with Crippen molar-refractivity contribution < 1.29 is 0 Å². The predicted octanol–water partition coefficient (Wildman–Crippen LogP) is 3.47. The number of hydrogen-bond acceptors (Lipinski definition) is 1. The molecular formula is C15H23N. The van der Waals surface area contributed by atoms with E-state index in [1.54, 1.807) is 0 Å². The third-order valence-electron chi connectivity index (χ3n) is 3.91. The molecule has 0 amide bonds. The normalized spacial score (nSPS) is 26.9. The molecule has 1 heteroatoms. The number of hydrogen-bond donors (Lipinski definition) is 0. The van der Waals surface area contributed by atoms with Crippen LogP contribution in [-0.2, 0) is 6.54 Å². The maximum Gasteiger partial charge on any atom is 0.0233 e.